The number of nitrogens with one attached hydrogen (secondary N) is 1. The third-order valence-corrected chi connectivity index (χ3v) is 7.79. The Kier molecular flexibility index (Phi) is 6.80. The van der Waals surface area contributed by atoms with Crippen molar-refractivity contribution in [3.63, 3.8) is 0 Å². The van der Waals surface area contributed by atoms with E-state index in [2.05, 4.69) is 5.32 Å². The lowest BCUT2D eigenvalue weighted by molar-refractivity contribution is -0.120. The third-order valence-electron chi connectivity index (χ3n) is 4.55. The van der Waals surface area contributed by atoms with Crippen LogP contribution in [0.1, 0.15) is 12.8 Å². The summed E-state index contributed by atoms with van der Waals surface area (Å²) in [4.78, 5) is 12.5. The third kappa shape index (κ3) is 4.58. The van der Waals surface area contributed by atoms with Gasteiger partial charge in [-0.15, -0.1) is 0 Å². The van der Waals surface area contributed by atoms with E-state index in [1.54, 1.807) is 18.2 Å². The number of para-hydroxylation sites is 1. The smallest absolute Gasteiger partial charge is 0.244 e. The Balaban J connectivity index is 1.69. The van der Waals surface area contributed by atoms with Gasteiger partial charge in [0.1, 0.15) is 4.90 Å². The van der Waals surface area contributed by atoms with Crippen LogP contribution < -0.4 is 5.32 Å². The van der Waals surface area contributed by atoms with Gasteiger partial charge in [-0.1, -0.05) is 52.5 Å². The van der Waals surface area contributed by atoms with Crippen LogP contribution in [0.15, 0.2) is 41.3 Å². The van der Waals surface area contributed by atoms with Gasteiger partial charge in [0, 0.05) is 24.0 Å². The molecule has 1 amide bonds. The van der Waals surface area contributed by atoms with E-state index in [4.69, 9.17) is 46.4 Å². The number of carbonyl (C=O) groups is 1. The van der Waals surface area contributed by atoms with Crippen LogP contribution in [-0.4, -0.2) is 31.7 Å². The van der Waals surface area contributed by atoms with Crippen molar-refractivity contribution in [2.45, 2.75) is 17.7 Å². The van der Waals surface area contributed by atoms with Crippen molar-refractivity contribution in [2.24, 2.45) is 5.92 Å². The number of sulfonamides is 1. The number of carbonyl (C=O) groups excluding carboxylic acids is 1. The largest absolute Gasteiger partial charge is 0.323 e. The number of rotatable bonds is 4. The minimum Gasteiger partial charge on any atom is -0.323 e. The molecule has 150 valence electrons. The highest BCUT2D eigenvalue weighted by Gasteiger charge is 2.33. The number of hydrogen-bond donors (Lipinski definition) is 1. The van der Waals surface area contributed by atoms with E-state index >= 15 is 0 Å². The SMILES string of the molecule is O=C(Nc1c(Cl)cccc1Cl)C1CCN(S(=O)(=O)c2cc(Cl)ccc2Cl)CC1. The molecule has 0 spiro atoms. The Morgan fingerprint density at radius 3 is 2.18 bits per heavy atom. The Morgan fingerprint density at radius 1 is 0.964 bits per heavy atom. The van der Waals surface area contributed by atoms with Crippen molar-refractivity contribution < 1.29 is 13.2 Å². The van der Waals surface area contributed by atoms with Gasteiger partial charge in [-0.05, 0) is 43.2 Å². The molecule has 3 rings (SSSR count). The van der Waals surface area contributed by atoms with Gasteiger partial charge in [0.05, 0.1) is 20.8 Å². The molecule has 0 saturated carbocycles. The molecule has 0 bridgehead atoms. The van der Waals surface area contributed by atoms with Crippen LogP contribution in [0.5, 0.6) is 0 Å². The summed E-state index contributed by atoms with van der Waals surface area (Å²) >= 11 is 24.1. The van der Waals surface area contributed by atoms with Gasteiger partial charge in [-0.3, -0.25) is 4.79 Å². The van der Waals surface area contributed by atoms with E-state index in [9.17, 15) is 13.2 Å². The van der Waals surface area contributed by atoms with Gasteiger partial charge < -0.3 is 5.32 Å². The van der Waals surface area contributed by atoms with Crippen LogP contribution in [0.3, 0.4) is 0 Å². The van der Waals surface area contributed by atoms with Crippen LogP contribution in [-0.2, 0) is 14.8 Å². The highest BCUT2D eigenvalue weighted by molar-refractivity contribution is 7.89. The van der Waals surface area contributed by atoms with Crippen LogP contribution >= 0.6 is 46.4 Å². The molecule has 28 heavy (non-hydrogen) atoms. The number of anilines is 1. The summed E-state index contributed by atoms with van der Waals surface area (Å²) in [5.41, 5.74) is 0.358. The molecular weight excluding hydrogens is 466 g/mol. The Labute approximate surface area is 183 Å². The fraction of sp³-hybridized carbons (Fsp3) is 0.278. The van der Waals surface area contributed by atoms with E-state index in [-0.39, 0.29) is 39.9 Å². The fourth-order valence-corrected chi connectivity index (χ4v) is 5.71. The zero-order chi connectivity index (χ0) is 20.5. The van der Waals surface area contributed by atoms with Gasteiger partial charge in [-0.25, -0.2) is 8.42 Å². The first-order valence-electron chi connectivity index (χ1n) is 8.40. The first-order chi connectivity index (χ1) is 13.2. The number of halogens is 4. The summed E-state index contributed by atoms with van der Waals surface area (Å²) in [7, 11) is -3.79. The van der Waals surface area contributed by atoms with Crippen molar-refractivity contribution in [2.75, 3.05) is 18.4 Å². The molecular formula is C18H16Cl4N2O3S. The Hall–Kier alpha value is -1.02. The Bertz CT molecular complexity index is 986. The average Bonchev–Trinajstić information content (AvgIpc) is 2.66. The topological polar surface area (TPSA) is 66.5 Å². The summed E-state index contributed by atoms with van der Waals surface area (Å²) in [5.74, 6) is -0.596. The molecule has 1 N–H and O–H groups in total. The van der Waals surface area contributed by atoms with Crippen molar-refractivity contribution in [1.29, 1.82) is 0 Å². The van der Waals surface area contributed by atoms with E-state index in [0.717, 1.165) is 0 Å². The van der Waals surface area contributed by atoms with Crippen LogP contribution in [0.4, 0.5) is 5.69 Å². The predicted octanol–water partition coefficient (Wildman–Crippen LogP) is 5.34. The van der Waals surface area contributed by atoms with Crippen molar-refractivity contribution in [3.05, 3.63) is 56.5 Å². The van der Waals surface area contributed by atoms with Crippen molar-refractivity contribution in [1.82, 2.24) is 4.31 Å². The molecule has 1 heterocycles. The van der Waals surface area contributed by atoms with Crippen LogP contribution in [0.25, 0.3) is 0 Å². The van der Waals surface area contributed by atoms with Gasteiger partial charge >= 0.3 is 0 Å². The molecule has 5 nitrogen and oxygen atoms in total. The van der Waals surface area contributed by atoms with Crippen LogP contribution in [0, 0.1) is 5.92 Å². The second kappa shape index (κ2) is 8.78. The number of piperidine rings is 1. The summed E-state index contributed by atoms with van der Waals surface area (Å²) < 4.78 is 27.0. The summed E-state index contributed by atoms with van der Waals surface area (Å²) in [6.45, 7) is 0.388. The summed E-state index contributed by atoms with van der Waals surface area (Å²) in [6, 6.07) is 9.26. The zero-order valence-corrected chi connectivity index (χ0v) is 18.3. The molecule has 2 aromatic carbocycles. The lowest BCUT2D eigenvalue weighted by Crippen LogP contribution is -2.41. The highest BCUT2D eigenvalue weighted by Crippen LogP contribution is 2.33. The molecule has 0 radical (unpaired) electrons. The van der Waals surface area contributed by atoms with E-state index in [0.29, 0.717) is 28.6 Å². The van der Waals surface area contributed by atoms with E-state index in [1.165, 1.54) is 22.5 Å². The zero-order valence-electron chi connectivity index (χ0n) is 14.5. The first-order valence-corrected chi connectivity index (χ1v) is 11.4. The molecule has 1 fully saturated rings. The molecule has 1 aliphatic heterocycles. The lowest BCUT2D eigenvalue weighted by Gasteiger charge is -2.31. The predicted molar refractivity (Wildman–Crippen MR) is 113 cm³/mol. The standard InChI is InChI=1S/C18H16Cl4N2O3S/c19-12-4-5-13(20)16(10-12)28(26,27)24-8-6-11(7-9-24)18(25)23-17-14(21)2-1-3-15(17)22/h1-5,10-11H,6-9H2,(H,23,25). The second-order valence-corrected chi connectivity index (χ2v) is 9.90. The van der Waals surface area contributed by atoms with Crippen molar-refractivity contribution >= 4 is 68.0 Å². The van der Waals surface area contributed by atoms with Gasteiger partial charge in [0.25, 0.3) is 0 Å². The number of hydrogen-bond acceptors (Lipinski definition) is 3. The minimum absolute atomic E-state index is 0.0348. The number of nitrogens with zero attached hydrogens (tertiary/aromatic N) is 1. The molecule has 2 aromatic rings. The maximum Gasteiger partial charge on any atom is 0.244 e. The van der Waals surface area contributed by atoms with Crippen LogP contribution in [0.2, 0.25) is 20.1 Å². The van der Waals surface area contributed by atoms with Gasteiger partial charge in [0.2, 0.25) is 15.9 Å². The second-order valence-electron chi connectivity index (χ2n) is 6.34. The molecule has 0 aromatic heterocycles. The summed E-state index contributed by atoms with van der Waals surface area (Å²) in [6.07, 6.45) is 0.733. The molecule has 10 heteroatoms. The van der Waals surface area contributed by atoms with E-state index < -0.39 is 10.0 Å². The molecule has 1 saturated heterocycles. The molecule has 0 unspecified atom stereocenters. The minimum atomic E-state index is -3.79. The Morgan fingerprint density at radius 2 is 1.57 bits per heavy atom. The molecule has 0 atom stereocenters. The highest BCUT2D eigenvalue weighted by atomic mass is 35.5. The molecule has 0 aliphatic carbocycles. The number of benzene rings is 2. The normalized spacial score (nSPS) is 16.1. The maximum absolute atomic E-state index is 12.9. The van der Waals surface area contributed by atoms with Crippen molar-refractivity contribution in [3.8, 4) is 0 Å². The monoisotopic (exact) mass is 480 g/mol. The maximum atomic E-state index is 12.9. The summed E-state index contributed by atoms with van der Waals surface area (Å²) in [5, 5.41) is 3.82. The number of amides is 1. The quantitative estimate of drug-likeness (QED) is 0.640. The fourth-order valence-electron chi connectivity index (χ4n) is 3.01. The van der Waals surface area contributed by atoms with Gasteiger partial charge in [-0.2, -0.15) is 4.31 Å². The van der Waals surface area contributed by atoms with Gasteiger partial charge in [0.15, 0.2) is 0 Å². The molecule has 1 aliphatic rings. The average molecular weight is 482 g/mol. The first kappa shape index (κ1) is 21.7. The lowest BCUT2D eigenvalue weighted by atomic mass is 9.97. The van der Waals surface area contributed by atoms with E-state index in [1.807, 2.05) is 0 Å².